The fourth-order valence-electron chi connectivity index (χ4n) is 5.29. The molecule has 0 radical (unpaired) electrons. The van der Waals surface area contributed by atoms with E-state index in [0.29, 0.717) is 22.5 Å². The van der Waals surface area contributed by atoms with Crippen LogP contribution >= 0.6 is 0 Å². The van der Waals surface area contributed by atoms with Gasteiger partial charge in [0, 0.05) is 12.3 Å². The summed E-state index contributed by atoms with van der Waals surface area (Å²) in [5, 5.41) is 0. The van der Waals surface area contributed by atoms with E-state index in [9.17, 15) is 4.79 Å². The fraction of sp³-hybridized carbons (Fsp3) is 0.929. The van der Waals surface area contributed by atoms with Gasteiger partial charge < -0.3 is 0 Å². The number of Topliss-reactive ketones (excluding diaryl/α,β-unsaturated/α-hetero) is 1. The number of carbonyl (C=O) groups excluding carboxylic acids is 1. The van der Waals surface area contributed by atoms with Crippen molar-refractivity contribution in [3.05, 3.63) is 0 Å². The number of rotatable bonds is 0. The molecule has 0 aromatic carbocycles. The highest BCUT2D eigenvalue weighted by Crippen LogP contribution is 2.69. The van der Waals surface area contributed by atoms with Crippen molar-refractivity contribution in [1.82, 2.24) is 0 Å². The van der Waals surface area contributed by atoms with Gasteiger partial charge in [-0.1, -0.05) is 20.8 Å². The second kappa shape index (κ2) is 2.67. The van der Waals surface area contributed by atoms with Crippen LogP contribution in [0.2, 0.25) is 0 Å². The first-order chi connectivity index (χ1) is 6.96. The smallest absolute Gasteiger partial charge is 0.136 e. The first-order valence-corrected chi connectivity index (χ1v) is 6.48. The Labute approximate surface area is 92.6 Å². The molecule has 0 heterocycles. The lowest BCUT2D eigenvalue weighted by Gasteiger charge is -2.34. The van der Waals surface area contributed by atoms with Crippen molar-refractivity contribution in [3.63, 3.8) is 0 Å². The first kappa shape index (κ1) is 9.86. The molecule has 0 aromatic rings. The van der Waals surface area contributed by atoms with Gasteiger partial charge in [-0.25, -0.2) is 0 Å². The zero-order valence-electron chi connectivity index (χ0n) is 10.2. The van der Waals surface area contributed by atoms with Crippen molar-refractivity contribution < 1.29 is 4.79 Å². The summed E-state index contributed by atoms with van der Waals surface area (Å²) < 4.78 is 0. The molecular formula is C14H22O. The van der Waals surface area contributed by atoms with E-state index in [1.165, 1.54) is 25.7 Å². The summed E-state index contributed by atoms with van der Waals surface area (Å²) in [5.41, 5.74) is 0.919. The third kappa shape index (κ3) is 1.07. The van der Waals surface area contributed by atoms with Gasteiger partial charge in [-0.05, 0) is 48.3 Å². The molecule has 3 aliphatic rings. The maximum Gasteiger partial charge on any atom is 0.136 e. The van der Waals surface area contributed by atoms with Crippen molar-refractivity contribution >= 4 is 5.78 Å². The molecule has 84 valence electrons. The quantitative estimate of drug-likeness (QED) is 0.593. The van der Waals surface area contributed by atoms with Crippen molar-refractivity contribution in [3.8, 4) is 0 Å². The summed E-state index contributed by atoms with van der Waals surface area (Å²) in [5.74, 6) is 2.56. The van der Waals surface area contributed by atoms with E-state index in [1.54, 1.807) is 0 Å². The summed E-state index contributed by atoms with van der Waals surface area (Å²) >= 11 is 0. The maximum absolute atomic E-state index is 12.0. The Morgan fingerprint density at radius 3 is 2.73 bits per heavy atom. The van der Waals surface area contributed by atoms with Crippen molar-refractivity contribution in [1.29, 1.82) is 0 Å². The number of ketones is 1. The molecule has 1 spiro atoms. The molecule has 3 fully saturated rings. The number of hydrogen-bond donors (Lipinski definition) is 0. The van der Waals surface area contributed by atoms with E-state index in [2.05, 4.69) is 20.8 Å². The largest absolute Gasteiger partial charge is 0.299 e. The molecule has 1 unspecified atom stereocenters. The van der Waals surface area contributed by atoms with Crippen LogP contribution in [0.25, 0.3) is 0 Å². The summed E-state index contributed by atoms with van der Waals surface area (Å²) in [7, 11) is 0. The van der Waals surface area contributed by atoms with Crippen LogP contribution in [0.15, 0.2) is 0 Å². The first-order valence-electron chi connectivity index (χ1n) is 6.48. The third-order valence-corrected chi connectivity index (χ3v) is 5.63. The molecule has 0 aromatic heterocycles. The lowest BCUT2D eigenvalue weighted by molar-refractivity contribution is -0.122. The van der Waals surface area contributed by atoms with Gasteiger partial charge in [0.25, 0.3) is 0 Å². The summed E-state index contributed by atoms with van der Waals surface area (Å²) in [6.07, 6.45) is 5.98. The minimum Gasteiger partial charge on any atom is -0.299 e. The van der Waals surface area contributed by atoms with E-state index in [0.717, 1.165) is 18.3 Å². The van der Waals surface area contributed by atoms with Gasteiger partial charge in [-0.2, -0.15) is 0 Å². The van der Waals surface area contributed by atoms with Crippen molar-refractivity contribution in [2.45, 2.75) is 52.9 Å². The Morgan fingerprint density at radius 2 is 2.00 bits per heavy atom. The predicted octanol–water partition coefficient (Wildman–Crippen LogP) is 3.43. The van der Waals surface area contributed by atoms with Gasteiger partial charge in [0.2, 0.25) is 0 Å². The number of carbonyl (C=O) groups is 1. The molecule has 1 nitrogen and oxygen atoms in total. The monoisotopic (exact) mass is 206 g/mol. The third-order valence-electron chi connectivity index (χ3n) is 5.63. The van der Waals surface area contributed by atoms with Crippen LogP contribution in [-0.2, 0) is 4.79 Å². The van der Waals surface area contributed by atoms with E-state index < -0.39 is 0 Å². The number of hydrogen-bond acceptors (Lipinski definition) is 1. The van der Waals surface area contributed by atoms with Gasteiger partial charge in [-0.15, -0.1) is 0 Å². The molecule has 1 heteroatoms. The highest BCUT2D eigenvalue weighted by molar-refractivity contribution is 5.85. The zero-order chi connectivity index (χ0) is 10.8. The molecule has 3 saturated carbocycles. The average Bonchev–Trinajstić information content (AvgIpc) is 2.61. The van der Waals surface area contributed by atoms with E-state index in [4.69, 9.17) is 0 Å². The highest BCUT2D eigenvalue weighted by atomic mass is 16.1. The van der Waals surface area contributed by atoms with E-state index >= 15 is 0 Å². The van der Waals surface area contributed by atoms with E-state index in [1.807, 2.05) is 0 Å². The van der Waals surface area contributed by atoms with Crippen LogP contribution in [0.4, 0.5) is 0 Å². The van der Waals surface area contributed by atoms with Crippen LogP contribution in [-0.4, -0.2) is 5.78 Å². The lowest BCUT2D eigenvalue weighted by Crippen LogP contribution is -2.31. The standard InChI is InChI=1S/C14H22O/c1-9-4-5-11-12(15)6-10-7-13(2,3)8-14(9,10)11/h9-11H,4-8H2,1-3H3/t9-,10+,11+,14?/m0/s1. The molecule has 0 saturated heterocycles. The van der Waals surface area contributed by atoms with Gasteiger partial charge in [0.05, 0.1) is 0 Å². The van der Waals surface area contributed by atoms with Crippen molar-refractivity contribution in [2.24, 2.45) is 28.6 Å². The van der Waals surface area contributed by atoms with Crippen LogP contribution in [0, 0.1) is 28.6 Å². The van der Waals surface area contributed by atoms with Gasteiger partial charge in [0.1, 0.15) is 5.78 Å². The summed E-state index contributed by atoms with van der Waals surface area (Å²) in [4.78, 5) is 12.0. The van der Waals surface area contributed by atoms with Crippen LogP contribution in [0.1, 0.15) is 52.9 Å². The second-order valence-electron chi connectivity index (χ2n) is 7.06. The SMILES string of the molecule is C[C@H]1CC[C@@H]2C(=O)C[C@@H]3CC(C)(C)CC321. The molecular weight excluding hydrogens is 184 g/mol. The Hall–Kier alpha value is -0.330. The highest BCUT2D eigenvalue weighted by Gasteiger charge is 2.65. The zero-order valence-corrected chi connectivity index (χ0v) is 10.2. The minimum atomic E-state index is 0.431. The summed E-state index contributed by atoms with van der Waals surface area (Å²) in [6, 6.07) is 0. The fourth-order valence-corrected chi connectivity index (χ4v) is 5.29. The predicted molar refractivity (Wildman–Crippen MR) is 60.5 cm³/mol. The van der Waals surface area contributed by atoms with Gasteiger partial charge in [-0.3, -0.25) is 4.79 Å². The van der Waals surface area contributed by atoms with Crippen LogP contribution < -0.4 is 0 Å². The van der Waals surface area contributed by atoms with E-state index in [-0.39, 0.29) is 0 Å². The van der Waals surface area contributed by atoms with Gasteiger partial charge in [0.15, 0.2) is 0 Å². The normalized spacial score (nSPS) is 51.9. The maximum atomic E-state index is 12.0. The molecule has 0 bridgehead atoms. The molecule has 3 aliphatic carbocycles. The van der Waals surface area contributed by atoms with Crippen molar-refractivity contribution in [2.75, 3.05) is 0 Å². The molecule has 0 aliphatic heterocycles. The molecule has 4 atom stereocenters. The molecule has 3 rings (SSSR count). The lowest BCUT2D eigenvalue weighted by atomic mass is 9.69. The van der Waals surface area contributed by atoms with Crippen LogP contribution in [0.5, 0.6) is 0 Å². The second-order valence-corrected chi connectivity index (χ2v) is 7.06. The Bertz CT molecular complexity index is 317. The Balaban J connectivity index is 2.04. The topological polar surface area (TPSA) is 17.1 Å². The van der Waals surface area contributed by atoms with Gasteiger partial charge >= 0.3 is 0 Å². The molecule has 0 amide bonds. The molecule has 0 N–H and O–H groups in total. The Kier molecular flexibility index (Phi) is 1.76. The summed E-state index contributed by atoms with van der Waals surface area (Å²) in [6.45, 7) is 7.19. The average molecular weight is 206 g/mol. The molecule has 15 heavy (non-hydrogen) atoms. The minimum absolute atomic E-state index is 0.431. The Morgan fingerprint density at radius 1 is 1.27 bits per heavy atom. The van der Waals surface area contributed by atoms with Crippen LogP contribution in [0.3, 0.4) is 0 Å².